The van der Waals surface area contributed by atoms with E-state index in [2.05, 4.69) is 14.9 Å². The molecule has 0 atom stereocenters. The van der Waals surface area contributed by atoms with Crippen molar-refractivity contribution in [3.05, 3.63) is 42.1 Å². The van der Waals surface area contributed by atoms with E-state index in [1.807, 2.05) is 0 Å². The van der Waals surface area contributed by atoms with Crippen LogP contribution in [0.4, 0.5) is 5.69 Å². The topological polar surface area (TPSA) is 101 Å². The van der Waals surface area contributed by atoms with Crippen LogP contribution >= 0.6 is 0 Å². The molecule has 2 N–H and O–H groups in total. The number of hydrogen-bond acceptors (Lipinski definition) is 5. The van der Waals surface area contributed by atoms with Crippen LogP contribution in [0.15, 0.2) is 41.6 Å². The Morgan fingerprint density at radius 3 is 2.43 bits per heavy atom. The number of nitrogens with one attached hydrogen (secondary N) is 2. The van der Waals surface area contributed by atoms with Gasteiger partial charge in [-0.25, -0.2) is 4.79 Å². The van der Waals surface area contributed by atoms with Crippen molar-refractivity contribution < 1.29 is 17.9 Å². The fraction of sp³-hybridized carbons (Fsp3) is 0.231. The highest BCUT2D eigenvalue weighted by Crippen LogP contribution is 2.15. The van der Waals surface area contributed by atoms with Crippen LogP contribution in [-0.2, 0) is 14.8 Å². The van der Waals surface area contributed by atoms with Gasteiger partial charge >= 0.3 is 5.97 Å². The van der Waals surface area contributed by atoms with E-state index in [4.69, 9.17) is 4.74 Å². The second-order valence-corrected chi connectivity index (χ2v) is 6.21. The van der Waals surface area contributed by atoms with Crippen molar-refractivity contribution in [2.75, 3.05) is 4.72 Å². The average Bonchev–Trinajstić information content (AvgIpc) is 2.93. The zero-order valence-corrected chi connectivity index (χ0v) is 12.3. The van der Waals surface area contributed by atoms with Crippen LogP contribution in [0.1, 0.15) is 24.2 Å². The van der Waals surface area contributed by atoms with E-state index >= 15 is 0 Å². The second kappa shape index (κ2) is 5.96. The maximum absolute atomic E-state index is 12.0. The summed E-state index contributed by atoms with van der Waals surface area (Å²) in [6, 6.07) is 7.32. The van der Waals surface area contributed by atoms with Crippen molar-refractivity contribution in [3.8, 4) is 0 Å². The molecule has 0 spiro atoms. The van der Waals surface area contributed by atoms with E-state index in [1.54, 1.807) is 13.8 Å². The number of hydrogen-bond donors (Lipinski definition) is 2. The summed E-state index contributed by atoms with van der Waals surface area (Å²) < 4.78 is 31.3. The molecule has 1 aromatic heterocycles. The Bertz CT molecular complexity index is 706. The molecule has 112 valence electrons. The van der Waals surface area contributed by atoms with Gasteiger partial charge in [0.2, 0.25) is 0 Å². The summed E-state index contributed by atoms with van der Waals surface area (Å²) in [5, 5.41) is 5.93. The van der Waals surface area contributed by atoms with Crippen LogP contribution in [0.5, 0.6) is 0 Å². The predicted octanol–water partition coefficient (Wildman–Crippen LogP) is 1.78. The third kappa shape index (κ3) is 3.82. The molecule has 0 amide bonds. The third-order valence-corrected chi connectivity index (χ3v) is 3.79. The Morgan fingerprint density at radius 2 is 1.90 bits per heavy atom. The third-order valence-electron chi connectivity index (χ3n) is 2.48. The molecule has 0 fully saturated rings. The molecule has 0 aliphatic heterocycles. The number of anilines is 1. The Kier molecular flexibility index (Phi) is 4.27. The number of carbonyl (C=O) groups excluding carboxylic acids is 1. The fourth-order valence-corrected chi connectivity index (χ4v) is 2.53. The number of aromatic nitrogens is 2. The number of aromatic amines is 1. The smallest absolute Gasteiger partial charge is 0.338 e. The molecule has 0 saturated carbocycles. The van der Waals surface area contributed by atoms with E-state index in [0.717, 1.165) is 0 Å². The highest BCUT2D eigenvalue weighted by atomic mass is 32.2. The maximum atomic E-state index is 12.0. The molecule has 0 bridgehead atoms. The Hall–Kier alpha value is -2.35. The monoisotopic (exact) mass is 309 g/mol. The number of sulfonamides is 1. The highest BCUT2D eigenvalue weighted by molar-refractivity contribution is 7.92. The number of esters is 1. The number of benzene rings is 1. The standard InChI is InChI=1S/C13H15N3O4S/c1-9(2)20-13(17)10-3-5-11(6-4-10)16-21(18,19)12-7-8-14-15-12/h3-9,16H,1-2H3,(H,14,15). The quantitative estimate of drug-likeness (QED) is 0.820. The van der Waals surface area contributed by atoms with E-state index in [1.165, 1.54) is 36.5 Å². The van der Waals surface area contributed by atoms with Gasteiger partial charge in [-0.2, -0.15) is 13.5 Å². The largest absolute Gasteiger partial charge is 0.459 e. The van der Waals surface area contributed by atoms with Crippen LogP contribution in [0.3, 0.4) is 0 Å². The van der Waals surface area contributed by atoms with Crippen molar-refractivity contribution in [2.45, 2.75) is 25.0 Å². The molecule has 8 heteroatoms. The number of rotatable bonds is 5. The van der Waals surface area contributed by atoms with Crippen LogP contribution in [0.25, 0.3) is 0 Å². The van der Waals surface area contributed by atoms with Gasteiger partial charge in [-0.1, -0.05) is 0 Å². The van der Waals surface area contributed by atoms with Gasteiger partial charge in [0.1, 0.15) is 0 Å². The summed E-state index contributed by atoms with van der Waals surface area (Å²) in [6.45, 7) is 3.51. The summed E-state index contributed by atoms with van der Waals surface area (Å²) in [5.74, 6) is -0.451. The van der Waals surface area contributed by atoms with Gasteiger partial charge in [-0.15, -0.1) is 0 Å². The maximum Gasteiger partial charge on any atom is 0.338 e. The summed E-state index contributed by atoms with van der Waals surface area (Å²) in [4.78, 5) is 11.7. The van der Waals surface area contributed by atoms with Crippen molar-refractivity contribution in [1.82, 2.24) is 10.2 Å². The first-order valence-electron chi connectivity index (χ1n) is 6.22. The van der Waals surface area contributed by atoms with E-state index < -0.39 is 16.0 Å². The van der Waals surface area contributed by atoms with Gasteiger partial charge in [0.05, 0.1) is 17.9 Å². The lowest BCUT2D eigenvalue weighted by Crippen LogP contribution is -2.14. The molecule has 1 aromatic carbocycles. The summed E-state index contributed by atoms with van der Waals surface area (Å²) >= 11 is 0. The lowest BCUT2D eigenvalue weighted by Gasteiger charge is -2.09. The van der Waals surface area contributed by atoms with Crippen molar-refractivity contribution in [3.63, 3.8) is 0 Å². The van der Waals surface area contributed by atoms with E-state index in [-0.39, 0.29) is 11.1 Å². The van der Waals surface area contributed by atoms with Crippen LogP contribution in [0.2, 0.25) is 0 Å². The minimum atomic E-state index is -3.71. The van der Waals surface area contributed by atoms with Gasteiger partial charge in [-0.3, -0.25) is 9.82 Å². The van der Waals surface area contributed by atoms with Crippen LogP contribution in [0, 0.1) is 0 Å². The van der Waals surface area contributed by atoms with Crippen molar-refractivity contribution >= 4 is 21.7 Å². The number of H-pyrrole nitrogens is 1. The molecule has 2 aromatic rings. The molecule has 7 nitrogen and oxygen atoms in total. The van der Waals surface area contributed by atoms with Gasteiger partial charge in [-0.05, 0) is 44.2 Å². The van der Waals surface area contributed by atoms with E-state index in [9.17, 15) is 13.2 Å². The lowest BCUT2D eigenvalue weighted by molar-refractivity contribution is 0.0378. The lowest BCUT2D eigenvalue weighted by atomic mass is 10.2. The normalized spacial score (nSPS) is 11.4. The molecule has 21 heavy (non-hydrogen) atoms. The van der Waals surface area contributed by atoms with Gasteiger partial charge < -0.3 is 4.74 Å². The molecular formula is C13H15N3O4S. The Balaban J connectivity index is 2.11. The molecule has 0 saturated heterocycles. The van der Waals surface area contributed by atoms with Gasteiger partial charge in [0.25, 0.3) is 10.0 Å². The van der Waals surface area contributed by atoms with Crippen LogP contribution in [-0.4, -0.2) is 30.7 Å². The minimum absolute atomic E-state index is 0.0363. The zero-order chi connectivity index (χ0) is 15.5. The molecule has 0 aliphatic carbocycles. The van der Waals surface area contributed by atoms with E-state index in [0.29, 0.717) is 11.3 Å². The average molecular weight is 309 g/mol. The fourth-order valence-electron chi connectivity index (χ4n) is 1.56. The molecule has 2 rings (SSSR count). The van der Waals surface area contributed by atoms with Crippen LogP contribution < -0.4 is 4.72 Å². The molecule has 0 aliphatic rings. The minimum Gasteiger partial charge on any atom is -0.459 e. The van der Waals surface area contributed by atoms with Crippen molar-refractivity contribution in [1.29, 1.82) is 0 Å². The van der Waals surface area contributed by atoms with Crippen molar-refractivity contribution in [2.24, 2.45) is 0 Å². The molecule has 0 unspecified atom stereocenters. The first kappa shape index (κ1) is 15.0. The van der Waals surface area contributed by atoms with Gasteiger partial charge in [0.15, 0.2) is 5.03 Å². The molecule has 1 heterocycles. The highest BCUT2D eigenvalue weighted by Gasteiger charge is 2.16. The number of carbonyl (C=O) groups is 1. The summed E-state index contributed by atoms with van der Waals surface area (Å²) in [5.41, 5.74) is 0.693. The first-order chi connectivity index (χ1) is 9.88. The predicted molar refractivity (Wildman–Crippen MR) is 76.4 cm³/mol. The SMILES string of the molecule is CC(C)OC(=O)c1ccc(NS(=O)(=O)c2ccn[nH]2)cc1. The zero-order valence-electron chi connectivity index (χ0n) is 11.5. The summed E-state index contributed by atoms with van der Waals surface area (Å²) in [6.07, 6.45) is 1.13. The number of nitrogens with zero attached hydrogens (tertiary/aromatic N) is 1. The summed E-state index contributed by atoms with van der Waals surface area (Å²) in [7, 11) is -3.71. The number of ether oxygens (including phenoxy) is 1. The second-order valence-electron chi connectivity index (χ2n) is 4.56. The van der Waals surface area contributed by atoms with Gasteiger partial charge in [0, 0.05) is 5.69 Å². The Morgan fingerprint density at radius 1 is 1.24 bits per heavy atom. The Labute approximate surface area is 122 Å². The first-order valence-corrected chi connectivity index (χ1v) is 7.70. The molecule has 0 radical (unpaired) electrons. The molecular weight excluding hydrogens is 294 g/mol.